The van der Waals surface area contributed by atoms with E-state index in [0.717, 1.165) is 5.56 Å². The summed E-state index contributed by atoms with van der Waals surface area (Å²) in [5, 5.41) is 24.6. The number of benzene rings is 1. The molecule has 278 valence electrons. The molecular weight excluding hydrogens is 692 g/mol. The van der Waals surface area contributed by atoms with E-state index >= 15 is 0 Å². The van der Waals surface area contributed by atoms with Gasteiger partial charge >= 0.3 is 0 Å². The van der Waals surface area contributed by atoms with Crippen LogP contribution in [0.5, 0.6) is 0 Å². The molecule has 0 bridgehead atoms. The Labute approximate surface area is 306 Å². The van der Waals surface area contributed by atoms with Crippen LogP contribution in [0, 0.1) is 0 Å². The minimum absolute atomic E-state index is 0.0506. The Morgan fingerprint density at radius 1 is 0.923 bits per heavy atom. The van der Waals surface area contributed by atoms with E-state index in [1.54, 1.807) is 41.8 Å². The molecule has 4 heterocycles. The molecule has 3 aromatic rings. The maximum atomic E-state index is 14.0. The standard InChI is InChI=1S/C36H45ClN8O7/c1-3-24-31(47)43-30(21(2)46)35(51)42-26(18-22-10-5-4-6-11-22)36(52)45-17-9-13-28(45)34(50)38-16-8-7-12-25(32(48)40-24)41-33(49)27-20-44-19-23(37)14-15-29(44)39-27/h4-6,10-11,14-15,19-21,24-26,28,30,46H,3,7-9,12-13,16-18H2,1-2H3,(H,38,50)(H,40,48)(H,41,49)(H,42,51)(H,43,47)/t21-,24+,25+,26-,28+,30+/m1/s1. The Kier molecular flexibility index (Phi) is 12.8. The van der Waals surface area contributed by atoms with Crippen LogP contribution in [0.15, 0.2) is 54.9 Å². The summed E-state index contributed by atoms with van der Waals surface area (Å²) in [6.07, 6.45) is 4.01. The second-order valence-electron chi connectivity index (χ2n) is 13.2. The molecule has 15 nitrogen and oxygen atoms in total. The summed E-state index contributed by atoms with van der Waals surface area (Å²) >= 11 is 6.07. The number of nitrogens with one attached hydrogen (secondary N) is 5. The fourth-order valence-electron chi connectivity index (χ4n) is 6.48. The summed E-state index contributed by atoms with van der Waals surface area (Å²) in [6, 6.07) is 6.80. The first-order chi connectivity index (χ1) is 24.9. The largest absolute Gasteiger partial charge is 0.391 e. The minimum atomic E-state index is -1.48. The zero-order chi connectivity index (χ0) is 37.4. The predicted octanol–water partition coefficient (Wildman–Crippen LogP) is 0.865. The molecule has 6 amide bonds. The number of pyridine rings is 1. The molecular formula is C36H45ClN8O7. The van der Waals surface area contributed by atoms with E-state index < -0.39 is 65.8 Å². The third-order valence-corrected chi connectivity index (χ3v) is 9.55. The van der Waals surface area contributed by atoms with Crippen molar-refractivity contribution in [1.82, 2.24) is 40.9 Å². The number of aliphatic hydroxyl groups is 1. The molecule has 2 aliphatic heterocycles. The van der Waals surface area contributed by atoms with E-state index in [0.29, 0.717) is 42.9 Å². The fourth-order valence-corrected chi connectivity index (χ4v) is 6.65. The van der Waals surface area contributed by atoms with Crippen LogP contribution in [-0.4, -0.2) is 104 Å². The molecule has 0 radical (unpaired) electrons. The topological polar surface area (TPSA) is 203 Å². The first-order valence-electron chi connectivity index (χ1n) is 17.6. The van der Waals surface area contributed by atoms with Crippen molar-refractivity contribution in [3.8, 4) is 0 Å². The lowest BCUT2D eigenvalue weighted by Gasteiger charge is -2.30. The van der Waals surface area contributed by atoms with Crippen molar-refractivity contribution in [3.63, 3.8) is 0 Å². The van der Waals surface area contributed by atoms with Crippen LogP contribution in [0.1, 0.15) is 68.4 Å². The Balaban J connectivity index is 1.39. The van der Waals surface area contributed by atoms with E-state index in [2.05, 4.69) is 31.6 Å². The summed E-state index contributed by atoms with van der Waals surface area (Å²) in [7, 11) is 0. The molecule has 2 aliphatic rings. The number of rotatable bonds is 6. The third kappa shape index (κ3) is 9.44. The summed E-state index contributed by atoms with van der Waals surface area (Å²) in [5.41, 5.74) is 1.29. The van der Waals surface area contributed by atoms with Crippen LogP contribution in [0.3, 0.4) is 0 Å². The van der Waals surface area contributed by atoms with Crippen molar-refractivity contribution in [1.29, 1.82) is 0 Å². The smallest absolute Gasteiger partial charge is 0.272 e. The lowest BCUT2D eigenvalue weighted by atomic mass is 10.0. The highest BCUT2D eigenvalue weighted by Crippen LogP contribution is 2.20. The van der Waals surface area contributed by atoms with Crippen LogP contribution in [0.4, 0.5) is 0 Å². The molecule has 2 aromatic heterocycles. The normalized spacial score (nSPS) is 24.7. The molecule has 1 aromatic carbocycles. The molecule has 0 saturated carbocycles. The summed E-state index contributed by atoms with van der Waals surface area (Å²) in [5.74, 6) is -3.59. The first-order valence-corrected chi connectivity index (χ1v) is 18.0. The van der Waals surface area contributed by atoms with Gasteiger partial charge in [0.1, 0.15) is 41.6 Å². The average Bonchev–Trinajstić information content (AvgIpc) is 3.79. The minimum Gasteiger partial charge on any atom is -0.391 e. The van der Waals surface area contributed by atoms with Crippen molar-refractivity contribution in [2.24, 2.45) is 0 Å². The number of aliphatic hydroxyl groups excluding tert-OH is 1. The second-order valence-corrected chi connectivity index (χ2v) is 13.6. The van der Waals surface area contributed by atoms with Gasteiger partial charge in [-0.15, -0.1) is 0 Å². The third-order valence-electron chi connectivity index (χ3n) is 9.33. The molecule has 2 fully saturated rings. The highest BCUT2D eigenvalue weighted by Gasteiger charge is 2.39. The molecule has 0 spiro atoms. The Bertz CT molecular complexity index is 1780. The van der Waals surface area contributed by atoms with Gasteiger partial charge in [0.2, 0.25) is 29.5 Å². The SMILES string of the molecule is CC[C@@H]1NC(=O)[C@@H](NC(=O)c2cn3cc(Cl)ccc3n2)CCCCNC(=O)[C@@H]2CCCN2C(=O)[C@@H](Cc2ccccc2)NC(=O)[C@H]([C@@H](C)O)NC1=O. The van der Waals surface area contributed by atoms with Crippen molar-refractivity contribution in [2.75, 3.05) is 13.1 Å². The summed E-state index contributed by atoms with van der Waals surface area (Å²) in [6.45, 7) is 3.57. The molecule has 6 atom stereocenters. The zero-order valence-electron chi connectivity index (χ0n) is 29.1. The number of imidazole rings is 1. The van der Waals surface area contributed by atoms with Crippen LogP contribution in [0.25, 0.3) is 5.65 Å². The number of carbonyl (C=O) groups is 6. The van der Waals surface area contributed by atoms with Crippen molar-refractivity contribution in [3.05, 3.63) is 71.1 Å². The van der Waals surface area contributed by atoms with Crippen LogP contribution < -0.4 is 26.6 Å². The Hall–Kier alpha value is -5.02. The number of aromatic nitrogens is 2. The van der Waals surface area contributed by atoms with E-state index in [4.69, 9.17) is 11.6 Å². The van der Waals surface area contributed by atoms with Crippen molar-refractivity contribution >= 4 is 52.7 Å². The molecule has 16 heteroatoms. The fraction of sp³-hybridized carbons (Fsp3) is 0.472. The van der Waals surface area contributed by atoms with Gasteiger partial charge in [-0.05, 0) is 63.1 Å². The highest BCUT2D eigenvalue weighted by molar-refractivity contribution is 6.30. The number of halogens is 1. The van der Waals surface area contributed by atoms with E-state index in [9.17, 15) is 33.9 Å². The van der Waals surface area contributed by atoms with Gasteiger partial charge in [-0.2, -0.15) is 0 Å². The van der Waals surface area contributed by atoms with E-state index in [1.807, 2.05) is 18.2 Å². The number of hydrogen-bond acceptors (Lipinski definition) is 8. The van der Waals surface area contributed by atoms with Gasteiger partial charge in [0, 0.05) is 31.9 Å². The molecule has 6 N–H and O–H groups in total. The van der Waals surface area contributed by atoms with Crippen molar-refractivity contribution in [2.45, 2.75) is 95.1 Å². The van der Waals surface area contributed by atoms with Gasteiger partial charge in [-0.25, -0.2) is 4.98 Å². The van der Waals surface area contributed by atoms with Gasteiger partial charge in [-0.1, -0.05) is 48.9 Å². The van der Waals surface area contributed by atoms with Crippen LogP contribution in [-0.2, 0) is 30.4 Å². The van der Waals surface area contributed by atoms with Crippen LogP contribution >= 0.6 is 11.6 Å². The highest BCUT2D eigenvalue weighted by atomic mass is 35.5. The molecule has 0 unspecified atom stereocenters. The van der Waals surface area contributed by atoms with Crippen molar-refractivity contribution < 1.29 is 33.9 Å². The van der Waals surface area contributed by atoms with Gasteiger partial charge in [-0.3, -0.25) is 28.8 Å². The summed E-state index contributed by atoms with van der Waals surface area (Å²) in [4.78, 5) is 87.4. The van der Waals surface area contributed by atoms with Gasteiger partial charge in [0.15, 0.2) is 0 Å². The van der Waals surface area contributed by atoms with E-state index in [-0.39, 0.29) is 37.4 Å². The molecule has 5 rings (SSSR count). The Morgan fingerprint density at radius 2 is 1.67 bits per heavy atom. The number of fused-ring (bicyclic) bond motifs is 2. The summed E-state index contributed by atoms with van der Waals surface area (Å²) < 4.78 is 1.58. The predicted molar refractivity (Wildman–Crippen MR) is 191 cm³/mol. The maximum absolute atomic E-state index is 14.0. The quantitative estimate of drug-likeness (QED) is 0.214. The van der Waals surface area contributed by atoms with Gasteiger partial charge < -0.3 is 41.0 Å². The lowest BCUT2D eigenvalue weighted by Crippen LogP contribution is -2.61. The van der Waals surface area contributed by atoms with Gasteiger partial charge in [0.25, 0.3) is 5.91 Å². The number of nitrogens with zero attached hydrogens (tertiary/aromatic N) is 3. The average molecular weight is 737 g/mol. The van der Waals surface area contributed by atoms with Gasteiger partial charge in [0.05, 0.1) is 11.1 Å². The number of hydrogen-bond donors (Lipinski definition) is 6. The number of carbonyl (C=O) groups excluding carboxylic acids is 6. The monoisotopic (exact) mass is 736 g/mol. The lowest BCUT2D eigenvalue weighted by molar-refractivity contribution is -0.142. The van der Waals surface area contributed by atoms with Crippen LogP contribution in [0.2, 0.25) is 5.02 Å². The molecule has 0 aliphatic carbocycles. The second kappa shape index (κ2) is 17.5. The first kappa shape index (κ1) is 38.2. The number of amides is 6. The molecule has 52 heavy (non-hydrogen) atoms. The molecule has 2 saturated heterocycles. The van der Waals surface area contributed by atoms with E-state index in [1.165, 1.54) is 18.0 Å². The zero-order valence-corrected chi connectivity index (χ0v) is 29.9. The Morgan fingerprint density at radius 3 is 2.40 bits per heavy atom. The maximum Gasteiger partial charge on any atom is 0.272 e.